The second-order valence-corrected chi connectivity index (χ2v) is 5.83. The minimum absolute atomic E-state index is 0.123. The topological polar surface area (TPSA) is 73.1 Å². The summed E-state index contributed by atoms with van der Waals surface area (Å²) in [5.74, 6) is 2.75. The van der Waals surface area contributed by atoms with Gasteiger partial charge >= 0.3 is 0 Å². The van der Waals surface area contributed by atoms with Crippen LogP contribution < -0.4 is 15.8 Å². The molecule has 20 heavy (non-hydrogen) atoms. The molecule has 0 saturated heterocycles. The summed E-state index contributed by atoms with van der Waals surface area (Å²) in [7, 11) is 0. The van der Waals surface area contributed by atoms with Gasteiger partial charge in [-0.05, 0) is 45.1 Å². The molecule has 0 amide bonds. The van der Waals surface area contributed by atoms with Crippen molar-refractivity contribution >= 4 is 5.82 Å². The van der Waals surface area contributed by atoms with Gasteiger partial charge in [0.05, 0.1) is 6.10 Å². The summed E-state index contributed by atoms with van der Waals surface area (Å²) in [6.07, 6.45) is 6.81. The van der Waals surface area contributed by atoms with E-state index in [1.807, 2.05) is 19.9 Å². The molecule has 112 valence electrons. The molecule has 3 N–H and O–H groups in total. The summed E-state index contributed by atoms with van der Waals surface area (Å²) in [6, 6.07) is 1.86. The molecule has 1 aliphatic carbocycles. The highest BCUT2D eigenvalue weighted by atomic mass is 16.5. The molecule has 2 unspecified atom stereocenters. The quantitative estimate of drug-likeness (QED) is 0.836. The van der Waals surface area contributed by atoms with Crippen LogP contribution in [0.4, 0.5) is 5.82 Å². The van der Waals surface area contributed by atoms with E-state index in [4.69, 9.17) is 10.5 Å². The number of hydrogen-bond acceptors (Lipinski definition) is 5. The van der Waals surface area contributed by atoms with Crippen LogP contribution in [0.2, 0.25) is 0 Å². The van der Waals surface area contributed by atoms with E-state index < -0.39 is 0 Å². The Kier molecular flexibility index (Phi) is 5.59. The average molecular weight is 278 g/mol. The van der Waals surface area contributed by atoms with E-state index in [-0.39, 0.29) is 6.10 Å². The Balaban J connectivity index is 1.89. The van der Waals surface area contributed by atoms with Gasteiger partial charge in [-0.25, -0.2) is 9.97 Å². The Morgan fingerprint density at radius 1 is 1.30 bits per heavy atom. The van der Waals surface area contributed by atoms with Gasteiger partial charge in [-0.15, -0.1) is 0 Å². The maximum absolute atomic E-state index is 5.87. The van der Waals surface area contributed by atoms with E-state index in [0.717, 1.165) is 18.9 Å². The third kappa shape index (κ3) is 4.34. The summed E-state index contributed by atoms with van der Waals surface area (Å²) < 4.78 is 5.58. The highest BCUT2D eigenvalue weighted by Gasteiger charge is 2.23. The molecule has 2 rings (SSSR count). The molecule has 0 radical (unpaired) electrons. The molecule has 0 aliphatic heterocycles. The molecule has 1 aromatic rings. The van der Waals surface area contributed by atoms with Crippen LogP contribution in [-0.2, 0) is 0 Å². The van der Waals surface area contributed by atoms with Crippen molar-refractivity contribution in [2.75, 3.05) is 18.4 Å². The Hall–Kier alpha value is -1.36. The first-order valence-electron chi connectivity index (χ1n) is 7.61. The zero-order chi connectivity index (χ0) is 14.4. The largest absolute Gasteiger partial charge is 0.475 e. The van der Waals surface area contributed by atoms with E-state index in [1.54, 1.807) is 6.33 Å². The zero-order valence-corrected chi connectivity index (χ0v) is 12.5. The zero-order valence-electron chi connectivity index (χ0n) is 12.5. The van der Waals surface area contributed by atoms with Gasteiger partial charge in [0.25, 0.3) is 0 Å². The van der Waals surface area contributed by atoms with Crippen molar-refractivity contribution in [3.8, 4) is 5.88 Å². The fourth-order valence-electron chi connectivity index (χ4n) is 2.84. The van der Waals surface area contributed by atoms with Crippen molar-refractivity contribution in [3.05, 3.63) is 12.4 Å². The normalized spacial score (nSPS) is 22.8. The molecule has 5 nitrogen and oxygen atoms in total. The van der Waals surface area contributed by atoms with Gasteiger partial charge in [0.2, 0.25) is 5.88 Å². The molecular formula is C15H26N4O. The predicted molar refractivity (Wildman–Crippen MR) is 80.8 cm³/mol. The summed E-state index contributed by atoms with van der Waals surface area (Å²) in [6.45, 7) is 5.70. The van der Waals surface area contributed by atoms with Gasteiger partial charge in [-0.2, -0.15) is 0 Å². The lowest BCUT2D eigenvalue weighted by molar-refractivity contribution is 0.232. The molecule has 1 aliphatic rings. The number of nitrogens with two attached hydrogens (primary N) is 1. The molecule has 5 heteroatoms. The maximum Gasteiger partial charge on any atom is 0.218 e. The lowest BCUT2D eigenvalue weighted by Gasteiger charge is -2.30. The Morgan fingerprint density at radius 2 is 2.05 bits per heavy atom. The predicted octanol–water partition coefficient (Wildman–Crippen LogP) is 2.44. The number of nitrogens with one attached hydrogen (secondary N) is 1. The summed E-state index contributed by atoms with van der Waals surface area (Å²) >= 11 is 0. The fourth-order valence-corrected chi connectivity index (χ4v) is 2.84. The van der Waals surface area contributed by atoms with Gasteiger partial charge in [-0.3, -0.25) is 0 Å². The van der Waals surface area contributed by atoms with E-state index in [0.29, 0.717) is 17.7 Å². The van der Waals surface area contributed by atoms with E-state index in [9.17, 15) is 0 Å². The standard InChI is InChI=1S/C15H26N4O/c1-11(2)20-15-7-14(18-10-19-15)17-9-13-6-4-3-5-12(13)8-16/h7,10-13H,3-6,8-9,16H2,1-2H3,(H,17,18,19). The first kappa shape index (κ1) is 15.0. The van der Waals surface area contributed by atoms with Crippen LogP contribution in [0.1, 0.15) is 39.5 Å². The van der Waals surface area contributed by atoms with Crippen LogP contribution in [0.25, 0.3) is 0 Å². The summed E-state index contributed by atoms with van der Waals surface area (Å²) in [5, 5.41) is 3.41. The van der Waals surface area contributed by atoms with Crippen LogP contribution >= 0.6 is 0 Å². The molecule has 1 heterocycles. The molecule has 0 aromatic carbocycles. The fraction of sp³-hybridized carbons (Fsp3) is 0.733. The Labute approximate surface area is 121 Å². The second-order valence-electron chi connectivity index (χ2n) is 5.83. The Morgan fingerprint density at radius 3 is 2.75 bits per heavy atom. The van der Waals surface area contributed by atoms with Crippen LogP contribution in [0.5, 0.6) is 5.88 Å². The SMILES string of the molecule is CC(C)Oc1cc(NCC2CCCCC2CN)ncn1. The van der Waals surface area contributed by atoms with Crippen LogP contribution in [-0.4, -0.2) is 29.2 Å². The highest BCUT2D eigenvalue weighted by molar-refractivity contribution is 5.37. The summed E-state index contributed by atoms with van der Waals surface area (Å²) in [4.78, 5) is 8.36. The monoisotopic (exact) mass is 278 g/mol. The Bertz CT molecular complexity index is 411. The highest BCUT2D eigenvalue weighted by Crippen LogP contribution is 2.29. The minimum Gasteiger partial charge on any atom is -0.475 e. The first-order valence-corrected chi connectivity index (χ1v) is 7.61. The first-order chi connectivity index (χ1) is 9.69. The van der Waals surface area contributed by atoms with Crippen molar-refractivity contribution in [1.82, 2.24) is 9.97 Å². The van der Waals surface area contributed by atoms with Gasteiger partial charge < -0.3 is 15.8 Å². The molecule has 1 saturated carbocycles. The summed E-state index contributed by atoms with van der Waals surface area (Å²) in [5.41, 5.74) is 5.87. The van der Waals surface area contributed by atoms with E-state index in [2.05, 4.69) is 15.3 Å². The van der Waals surface area contributed by atoms with Gasteiger partial charge in [0.15, 0.2) is 0 Å². The van der Waals surface area contributed by atoms with Gasteiger partial charge in [0, 0.05) is 12.6 Å². The molecular weight excluding hydrogens is 252 g/mol. The average Bonchev–Trinajstić information content (AvgIpc) is 2.45. The third-order valence-corrected chi connectivity index (χ3v) is 3.91. The molecule has 2 atom stereocenters. The number of nitrogens with zero attached hydrogens (tertiary/aromatic N) is 2. The number of ether oxygens (including phenoxy) is 1. The van der Waals surface area contributed by atoms with Gasteiger partial charge in [-0.1, -0.05) is 12.8 Å². The van der Waals surface area contributed by atoms with Crippen molar-refractivity contribution in [2.24, 2.45) is 17.6 Å². The number of rotatable bonds is 6. The smallest absolute Gasteiger partial charge is 0.218 e. The van der Waals surface area contributed by atoms with Crippen molar-refractivity contribution in [2.45, 2.75) is 45.6 Å². The third-order valence-electron chi connectivity index (χ3n) is 3.91. The lowest BCUT2D eigenvalue weighted by Crippen LogP contribution is -2.31. The minimum atomic E-state index is 0.123. The van der Waals surface area contributed by atoms with Crippen molar-refractivity contribution in [1.29, 1.82) is 0 Å². The van der Waals surface area contributed by atoms with Crippen molar-refractivity contribution < 1.29 is 4.74 Å². The van der Waals surface area contributed by atoms with E-state index >= 15 is 0 Å². The van der Waals surface area contributed by atoms with Crippen molar-refractivity contribution in [3.63, 3.8) is 0 Å². The van der Waals surface area contributed by atoms with Crippen LogP contribution in [0, 0.1) is 11.8 Å². The van der Waals surface area contributed by atoms with Gasteiger partial charge in [0.1, 0.15) is 12.1 Å². The molecule has 1 aromatic heterocycles. The number of aromatic nitrogens is 2. The van der Waals surface area contributed by atoms with Crippen LogP contribution in [0.15, 0.2) is 12.4 Å². The van der Waals surface area contributed by atoms with Crippen LogP contribution in [0.3, 0.4) is 0 Å². The maximum atomic E-state index is 5.87. The lowest BCUT2D eigenvalue weighted by atomic mass is 9.79. The molecule has 0 bridgehead atoms. The molecule has 0 spiro atoms. The second kappa shape index (κ2) is 7.43. The number of anilines is 1. The van der Waals surface area contributed by atoms with E-state index in [1.165, 1.54) is 25.7 Å². The number of hydrogen-bond donors (Lipinski definition) is 2. The molecule has 1 fully saturated rings.